The lowest BCUT2D eigenvalue weighted by atomic mass is 10.1. The van der Waals surface area contributed by atoms with Gasteiger partial charge in [0.15, 0.2) is 5.69 Å². The van der Waals surface area contributed by atoms with Gasteiger partial charge < -0.3 is 15.1 Å². The van der Waals surface area contributed by atoms with E-state index in [2.05, 4.69) is 31.7 Å². The molecular formula is C35H45F2N7O3S. The summed E-state index contributed by atoms with van der Waals surface area (Å²) in [6.45, 7) is 3.98. The second kappa shape index (κ2) is 16.1. The average molecular weight is 682 g/mol. The molecule has 258 valence electrons. The Labute approximate surface area is 284 Å². The van der Waals surface area contributed by atoms with Crippen LogP contribution in [0.1, 0.15) is 82.8 Å². The number of hydrogen-bond acceptors (Lipinski definition) is 7. The first-order valence-corrected chi connectivity index (χ1v) is 18.0. The fourth-order valence-electron chi connectivity index (χ4n) is 7.13. The van der Waals surface area contributed by atoms with Crippen LogP contribution in [0.25, 0.3) is 0 Å². The van der Waals surface area contributed by atoms with Gasteiger partial charge in [0.25, 0.3) is 11.8 Å². The van der Waals surface area contributed by atoms with E-state index in [9.17, 15) is 23.2 Å². The van der Waals surface area contributed by atoms with E-state index in [4.69, 9.17) is 0 Å². The second-order valence-electron chi connectivity index (χ2n) is 13.1. The van der Waals surface area contributed by atoms with Crippen molar-refractivity contribution in [2.45, 2.75) is 76.7 Å². The Bertz CT molecular complexity index is 1530. The van der Waals surface area contributed by atoms with Crippen LogP contribution in [0.3, 0.4) is 0 Å². The molecule has 1 aromatic carbocycles. The Kier molecular flexibility index (Phi) is 11.5. The normalized spacial score (nSPS) is 22.1. The highest BCUT2D eigenvalue weighted by Gasteiger charge is 2.44. The number of fused-ring (bicyclic) bond motifs is 2. The van der Waals surface area contributed by atoms with Gasteiger partial charge in [-0.25, -0.2) is 4.68 Å². The van der Waals surface area contributed by atoms with Gasteiger partial charge in [-0.2, -0.15) is 13.9 Å². The number of halogens is 2. The maximum absolute atomic E-state index is 14.0. The number of nitrogens with zero attached hydrogens (tertiary/aromatic N) is 6. The first-order chi connectivity index (χ1) is 23.4. The van der Waals surface area contributed by atoms with E-state index < -0.39 is 24.5 Å². The number of piperidine rings is 1. The summed E-state index contributed by atoms with van der Waals surface area (Å²) >= 11 is 1.81. The van der Waals surface area contributed by atoms with Gasteiger partial charge >= 0.3 is 6.55 Å². The van der Waals surface area contributed by atoms with Gasteiger partial charge in [0, 0.05) is 55.9 Å². The minimum absolute atomic E-state index is 0.107. The maximum Gasteiger partial charge on any atom is 0.333 e. The summed E-state index contributed by atoms with van der Waals surface area (Å²) in [5, 5.41) is 9.05. The van der Waals surface area contributed by atoms with E-state index in [1.54, 1.807) is 17.0 Å². The van der Waals surface area contributed by atoms with Crippen LogP contribution in [0.15, 0.2) is 54.0 Å². The molecule has 5 heterocycles. The molecule has 10 nitrogen and oxygen atoms in total. The number of aromatic nitrogens is 2. The molecule has 0 radical (unpaired) electrons. The summed E-state index contributed by atoms with van der Waals surface area (Å²) < 4.78 is 26.9. The zero-order chi connectivity index (χ0) is 33.5. The third-order valence-corrected chi connectivity index (χ3v) is 10.6. The first kappa shape index (κ1) is 34.2. The fraction of sp³-hybridized carbons (Fsp3) is 0.543. The topological polar surface area (TPSA) is 94.0 Å². The highest BCUT2D eigenvalue weighted by atomic mass is 32.1. The number of nitrogens with one attached hydrogen (secondary N) is 1. The molecule has 2 atom stereocenters. The molecule has 0 unspecified atom stereocenters. The summed E-state index contributed by atoms with van der Waals surface area (Å²) in [4.78, 5) is 50.6. The summed E-state index contributed by atoms with van der Waals surface area (Å²) in [5.41, 5.74) is 1.75. The van der Waals surface area contributed by atoms with E-state index >= 15 is 0 Å². The molecule has 2 bridgehead atoms. The van der Waals surface area contributed by atoms with Crippen molar-refractivity contribution in [3.8, 4) is 0 Å². The number of amides is 3. The largest absolute Gasteiger partial charge is 0.354 e. The number of likely N-dealkylation sites (tertiary alicyclic amines) is 2. The highest BCUT2D eigenvalue weighted by Crippen LogP contribution is 2.27. The molecule has 0 aliphatic carbocycles. The van der Waals surface area contributed by atoms with Crippen molar-refractivity contribution in [2.75, 3.05) is 45.8 Å². The van der Waals surface area contributed by atoms with Gasteiger partial charge in [0.1, 0.15) is 6.04 Å². The smallest absolute Gasteiger partial charge is 0.333 e. The highest BCUT2D eigenvalue weighted by molar-refractivity contribution is 7.10. The Morgan fingerprint density at radius 2 is 1.60 bits per heavy atom. The minimum atomic E-state index is -2.88. The predicted molar refractivity (Wildman–Crippen MR) is 180 cm³/mol. The number of alkyl halides is 2. The number of hydrogen-bond donors (Lipinski definition) is 1. The van der Waals surface area contributed by atoms with E-state index in [0.29, 0.717) is 23.3 Å². The van der Waals surface area contributed by atoms with Crippen LogP contribution >= 0.6 is 11.3 Å². The first-order valence-electron chi connectivity index (χ1n) is 17.1. The molecule has 0 spiro atoms. The van der Waals surface area contributed by atoms with Gasteiger partial charge in [-0.1, -0.05) is 24.6 Å². The Morgan fingerprint density at radius 1 is 0.875 bits per heavy atom. The van der Waals surface area contributed by atoms with Gasteiger partial charge in [-0.15, -0.1) is 11.3 Å². The lowest BCUT2D eigenvalue weighted by Gasteiger charge is -2.30. The van der Waals surface area contributed by atoms with E-state index in [0.717, 1.165) is 51.6 Å². The van der Waals surface area contributed by atoms with Gasteiger partial charge in [0.05, 0.1) is 6.04 Å². The maximum atomic E-state index is 14.0. The Balaban J connectivity index is 1.19. The quantitative estimate of drug-likeness (QED) is 0.384. The number of carbonyl (C=O) groups is 3. The molecule has 3 amide bonds. The average Bonchev–Trinajstić information content (AvgIpc) is 3.87. The van der Waals surface area contributed by atoms with E-state index in [-0.39, 0.29) is 30.5 Å². The SMILES string of the molecule is O=C1NCCCCN(Cc2cc(CN3CCCCC3)cs2)CCCN(C(=O)c2ccccc2)[C@H]2C[C@@H]1N(C(=O)c1ccn(C(F)F)n1)C2. The lowest BCUT2D eigenvalue weighted by Crippen LogP contribution is -2.46. The van der Waals surface area contributed by atoms with Crippen LogP contribution in [0.4, 0.5) is 8.78 Å². The molecule has 3 aromatic rings. The van der Waals surface area contributed by atoms with Crippen molar-refractivity contribution in [1.82, 2.24) is 34.7 Å². The van der Waals surface area contributed by atoms with Crippen LogP contribution in [-0.4, -0.2) is 105 Å². The zero-order valence-corrected chi connectivity index (χ0v) is 28.1. The third kappa shape index (κ3) is 8.48. The van der Waals surface area contributed by atoms with Crippen molar-refractivity contribution in [3.63, 3.8) is 0 Å². The monoisotopic (exact) mass is 681 g/mol. The summed E-state index contributed by atoms with van der Waals surface area (Å²) in [6.07, 6.45) is 7.59. The third-order valence-electron chi connectivity index (χ3n) is 9.61. The molecule has 1 N–H and O–H groups in total. The van der Waals surface area contributed by atoms with Crippen LogP contribution in [-0.2, 0) is 17.9 Å². The fourth-order valence-corrected chi connectivity index (χ4v) is 8.05. The van der Waals surface area contributed by atoms with Crippen molar-refractivity contribution < 1.29 is 23.2 Å². The van der Waals surface area contributed by atoms with Crippen LogP contribution < -0.4 is 5.32 Å². The van der Waals surface area contributed by atoms with Crippen molar-refractivity contribution in [3.05, 3.63) is 75.7 Å². The van der Waals surface area contributed by atoms with Crippen LogP contribution in [0.2, 0.25) is 0 Å². The molecule has 48 heavy (non-hydrogen) atoms. The molecule has 3 fully saturated rings. The zero-order valence-electron chi connectivity index (χ0n) is 27.3. The molecular weight excluding hydrogens is 636 g/mol. The number of thiophene rings is 1. The summed E-state index contributed by atoms with van der Waals surface area (Å²) in [7, 11) is 0. The molecule has 3 aliphatic heterocycles. The van der Waals surface area contributed by atoms with Gasteiger partial charge in [0.2, 0.25) is 5.91 Å². The van der Waals surface area contributed by atoms with Gasteiger partial charge in [-0.3, -0.25) is 24.2 Å². The Morgan fingerprint density at radius 3 is 2.35 bits per heavy atom. The molecule has 2 aromatic heterocycles. The van der Waals surface area contributed by atoms with E-state index in [1.165, 1.54) is 53.8 Å². The van der Waals surface area contributed by atoms with Crippen molar-refractivity contribution in [1.29, 1.82) is 0 Å². The summed E-state index contributed by atoms with van der Waals surface area (Å²) in [6, 6.07) is 11.3. The predicted octanol–water partition coefficient (Wildman–Crippen LogP) is 4.85. The lowest BCUT2D eigenvalue weighted by molar-refractivity contribution is -0.124. The van der Waals surface area contributed by atoms with Crippen LogP contribution in [0.5, 0.6) is 0 Å². The molecule has 3 aliphatic rings. The minimum Gasteiger partial charge on any atom is -0.354 e. The van der Waals surface area contributed by atoms with Crippen LogP contribution in [0, 0.1) is 0 Å². The Hall–Kier alpha value is -3.68. The molecule has 13 heteroatoms. The van der Waals surface area contributed by atoms with E-state index in [1.807, 2.05) is 29.5 Å². The van der Waals surface area contributed by atoms with Gasteiger partial charge in [-0.05, 0) is 93.4 Å². The van der Waals surface area contributed by atoms with Crippen molar-refractivity contribution in [2.24, 2.45) is 0 Å². The second-order valence-corrected chi connectivity index (χ2v) is 14.1. The summed E-state index contributed by atoms with van der Waals surface area (Å²) in [5.74, 6) is -1.06. The standard InChI is InChI=1S/C35H45F2N7O3S/c36-35(37)44-19-12-30(39-44)34(47)43-23-28-21-31(43)32(45)38-13-5-8-16-41(17-9-18-42(28)33(46)27-10-3-1-4-11-27)24-29-20-26(25-48-29)22-40-14-6-2-7-15-40/h1,3-4,10-12,19-20,25,28,31,35H,2,5-9,13-18,21-24H2,(H,38,45)/t28-,31-/m0/s1. The molecule has 0 saturated carbocycles. The number of carbonyl (C=O) groups excluding carboxylic acids is 3. The number of benzene rings is 1. The van der Waals surface area contributed by atoms with Crippen molar-refractivity contribution >= 4 is 29.1 Å². The molecule has 6 rings (SSSR count). The molecule has 3 saturated heterocycles. The number of rotatable bonds is 7.